The SMILES string of the molecule is O=C(CCCNC(=O)c1ccccc1)NN=Cc1ccco1. The Labute approximate surface area is 128 Å². The number of benzene rings is 1. The third-order valence-electron chi connectivity index (χ3n) is 2.83. The smallest absolute Gasteiger partial charge is 0.251 e. The Bertz CT molecular complexity index is 621. The highest BCUT2D eigenvalue weighted by Crippen LogP contribution is 1.98. The van der Waals surface area contributed by atoms with Crippen molar-refractivity contribution in [3.05, 3.63) is 60.1 Å². The van der Waals surface area contributed by atoms with Crippen molar-refractivity contribution in [3.63, 3.8) is 0 Å². The fourth-order valence-corrected chi connectivity index (χ4v) is 1.73. The molecule has 0 aliphatic heterocycles. The Morgan fingerprint density at radius 3 is 2.68 bits per heavy atom. The van der Waals surface area contributed by atoms with E-state index < -0.39 is 0 Å². The van der Waals surface area contributed by atoms with E-state index in [1.165, 1.54) is 12.5 Å². The molecule has 6 heteroatoms. The summed E-state index contributed by atoms with van der Waals surface area (Å²) in [6, 6.07) is 12.4. The summed E-state index contributed by atoms with van der Waals surface area (Å²) < 4.78 is 5.03. The zero-order valence-corrected chi connectivity index (χ0v) is 12.0. The van der Waals surface area contributed by atoms with Crippen LogP contribution in [0.1, 0.15) is 29.0 Å². The first-order valence-electron chi connectivity index (χ1n) is 6.94. The third kappa shape index (κ3) is 5.24. The molecular weight excluding hydrogens is 282 g/mol. The second-order valence-corrected chi connectivity index (χ2v) is 4.53. The van der Waals surface area contributed by atoms with Crippen LogP contribution in [0.3, 0.4) is 0 Å². The molecule has 0 atom stereocenters. The minimum absolute atomic E-state index is 0.142. The molecule has 6 nitrogen and oxygen atoms in total. The van der Waals surface area contributed by atoms with Crippen LogP contribution in [0, 0.1) is 0 Å². The zero-order chi connectivity index (χ0) is 15.6. The lowest BCUT2D eigenvalue weighted by Gasteiger charge is -2.04. The second kappa shape index (κ2) is 8.41. The van der Waals surface area contributed by atoms with Crippen molar-refractivity contribution in [1.82, 2.24) is 10.7 Å². The van der Waals surface area contributed by atoms with Crippen molar-refractivity contribution in [2.75, 3.05) is 6.54 Å². The van der Waals surface area contributed by atoms with Crippen molar-refractivity contribution >= 4 is 18.0 Å². The first-order chi connectivity index (χ1) is 10.8. The number of carbonyl (C=O) groups excluding carboxylic acids is 2. The molecule has 22 heavy (non-hydrogen) atoms. The minimum atomic E-state index is -0.211. The van der Waals surface area contributed by atoms with Crippen LogP contribution in [-0.2, 0) is 4.79 Å². The van der Waals surface area contributed by atoms with Gasteiger partial charge >= 0.3 is 0 Å². The molecule has 2 rings (SSSR count). The summed E-state index contributed by atoms with van der Waals surface area (Å²) in [5, 5.41) is 6.53. The quantitative estimate of drug-likeness (QED) is 0.465. The number of nitrogens with zero attached hydrogens (tertiary/aromatic N) is 1. The fraction of sp³-hybridized carbons (Fsp3) is 0.188. The van der Waals surface area contributed by atoms with E-state index in [-0.39, 0.29) is 18.2 Å². The molecule has 0 saturated carbocycles. The number of hydrazone groups is 1. The summed E-state index contributed by atoms with van der Waals surface area (Å²) in [6.07, 6.45) is 3.78. The van der Waals surface area contributed by atoms with Gasteiger partial charge in [-0.1, -0.05) is 18.2 Å². The van der Waals surface area contributed by atoms with Gasteiger partial charge < -0.3 is 9.73 Å². The number of amides is 2. The molecular formula is C16H17N3O3. The second-order valence-electron chi connectivity index (χ2n) is 4.53. The highest BCUT2D eigenvalue weighted by Gasteiger charge is 2.04. The van der Waals surface area contributed by atoms with Crippen molar-refractivity contribution < 1.29 is 14.0 Å². The molecule has 2 N–H and O–H groups in total. The van der Waals surface area contributed by atoms with E-state index >= 15 is 0 Å². The average Bonchev–Trinajstić information content (AvgIpc) is 3.05. The third-order valence-corrected chi connectivity index (χ3v) is 2.83. The Kier molecular flexibility index (Phi) is 5.92. The highest BCUT2D eigenvalue weighted by atomic mass is 16.3. The van der Waals surface area contributed by atoms with Gasteiger partial charge in [-0.05, 0) is 30.7 Å². The summed E-state index contributed by atoms with van der Waals surface area (Å²) in [5.41, 5.74) is 3.01. The van der Waals surface area contributed by atoms with Crippen LogP contribution < -0.4 is 10.7 Å². The van der Waals surface area contributed by atoms with Gasteiger partial charge in [0.05, 0.1) is 12.5 Å². The number of nitrogens with one attached hydrogen (secondary N) is 2. The summed E-state index contributed by atoms with van der Waals surface area (Å²) >= 11 is 0. The van der Waals surface area contributed by atoms with E-state index in [1.807, 2.05) is 6.07 Å². The lowest BCUT2D eigenvalue weighted by atomic mass is 10.2. The molecule has 0 radical (unpaired) electrons. The van der Waals surface area contributed by atoms with E-state index in [0.29, 0.717) is 24.3 Å². The number of hydrogen-bond acceptors (Lipinski definition) is 4. The summed E-state index contributed by atoms with van der Waals surface area (Å²) in [5.74, 6) is 0.212. The lowest BCUT2D eigenvalue weighted by Crippen LogP contribution is -2.26. The number of rotatable bonds is 7. The van der Waals surface area contributed by atoms with Gasteiger partial charge in [0.2, 0.25) is 5.91 Å². The van der Waals surface area contributed by atoms with Gasteiger partial charge in [0.15, 0.2) is 0 Å². The molecule has 0 fully saturated rings. The van der Waals surface area contributed by atoms with Crippen LogP contribution in [0.15, 0.2) is 58.2 Å². The molecule has 1 heterocycles. The fourth-order valence-electron chi connectivity index (χ4n) is 1.73. The molecule has 0 unspecified atom stereocenters. The standard InChI is InChI=1S/C16H17N3O3/c20-15(19-18-12-14-8-5-11-22-14)9-4-10-17-16(21)13-6-2-1-3-7-13/h1-3,5-8,11-12H,4,9-10H2,(H,17,21)(H,19,20). The van der Waals surface area contributed by atoms with Gasteiger partial charge in [0.25, 0.3) is 5.91 Å². The van der Waals surface area contributed by atoms with E-state index in [2.05, 4.69) is 15.8 Å². The van der Waals surface area contributed by atoms with Gasteiger partial charge in [0.1, 0.15) is 5.76 Å². The number of carbonyl (C=O) groups is 2. The summed E-state index contributed by atoms with van der Waals surface area (Å²) in [6.45, 7) is 0.434. The molecule has 1 aromatic carbocycles. The van der Waals surface area contributed by atoms with Crippen molar-refractivity contribution in [2.24, 2.45) is 5.10 Å². The average molecular weight is 299 g/mol. The molecule has 2 aromatic rings. The maximum absolute atomic E-state index is 11.7. The van der Waals surface area contributed by atoms with Crippen LogP contribution in [0.2, 0.25) is 0 Å². The molecule has 0 bridgehead atoms. The Balaban J connectivity index is 1.60. The van der Waals surface area contributed by atoms with E-state index in [9.17, 15) is 9.59 Å². The van der Waals surface area contributed by atoms with Gasteiger partial charge in [-0.15, -0.1) is 0 Å². The van der Waals surface area contributed by atoms with Gasteiger partial charge in [-0.25, -0.2) is 5.43 Å². The Morgan fingerprint density at radius 2 is 1.95 bits per heavy atom. The molecule has 0 aliphatic rings. The van der Waals surface area contributed by atoms with Crippen LogP contribution >= 0.6 is 0 Å². The van der Waals surface area contributed by atoms with E-state index in [4.69, 9.17) is 4.42 Å². The molecule has 1 aromatic heterocycles. The predicted molar refractivity (Wildman–Crippen MR) is 82.5 cm³/mol. The Morgan fingerprint density at radius 1 is 1.14 bits per heavy atom. The van der Waals surface area contributed by atoms with Crippen LogP contribution in [-0.4, -0.2) is 24.6 Å². The van der Waals surface area contributed by atoms with Gasteiger partial charge in [0, 0.05) is 18.5 Å². The Hall–Kier alpha value is -2.89. The first kappa shape index (κ1) is 15.5. The zero-order valence-electron chi connectivity index (χ0n) is 12.0. The van der Waals surface area contributed by atoms with Gasteiger partial charge in [-0.3, -0.25) is 9.59 Å². The topological polar surface area (TPSA) is 83.7 Å². The highest BCUT2D eigenvalue weighted by molar-refractivity contribution is 5.94. The van der Waals surface area contributed by atoms with Crippen molar-refractivity contribution in [1.29, 1.82) is 0 Å². The molecule has 0 saturated heterocycles. The maximum atomic E-state index is 11.7. The minimum Gasteiger partial charge on any atom is -0.463 e. The maximum Gasteiger partial charge on any atom is 0.251 e. The van der Waals surface area contributed by atoms with Gasteiger partial charge in [-0.2, -0.15) is 5.10 Å². The lowest BCUT2D eigenvalue weighted by molar-refractivity contribution is -0.121. The van der Waals surface area contributed by atoms with Crippen LogP contribution in [0.25, 0.3) is 0 Å². The monoisotopic (exact) mass is 299 g/mol. The molecule has 114 valence electrons. The van der Waals surface area contributed by atoms with E-state index in [1.54, 1.807) is 36.4 Å². The van der Waals surface area contributed by atoms with E-state index in [0.717, 1.165) is 0 Å². The van der Waals surface area contributed by atoms with Crippen molar-refractivity contribution in [3.8, 4) is 0 Å². The first-order valence-corrected chi connectivity index (χ1v) is 6.94. The predicted octanol–water partition coefficient (Wildman–Crippen LogP) is 1.94. The van der Waals surface area contributed by atoms with Crippen molar-refractivity contribution in [2.45, 2.75) is 12.8 Å². The van der Waals surface area contributed by atoms with Crippen LogP contribution in [0.4, 0.5) is 0 Å². The number of hydrogen-bond donors (Lipinski definition) is 2. The largest absolute Gasteiger partial charge is 0.463 e. The normalized spacial score (nSPS) is 10.5. The summed E-state index contributed by atoms with van der Waals surface area (Å²) in [4.78, 5) is 23.3. The number of furan rings is 1. The molecule has 0 aliphatic carbocycles. The molecule has 2 amide bonds. The molecule has 0 spiro atoms. The van der Waals surface area contributed by atoms with Crippen LogP contribution in [0.5, 0.6) is 0 Å². The summed E-state index contributed by atoms with van der Waals surface area (Å²) in [7, 11) is 0.